The summed E-state index contributed by atoms with van der Waals surface area (Å²) in [5.41, 5.74) is 7.27. The number of benzene rings is 1. The molecule has 3 rings (SSSR count). The molecule has 0 saturated carbocycles. The van der Waals surface area contributed by atoms with Crippen molar-refractivity contribution >= 4 is 35.4 Å². The van der Waals surface area contributed by atoms with Gasteiger partial charge in [0.05, 0.1) is 6.04 Å². The Kier molecular flexibility index (Phi) is 4.69. The second-order valence-corrected chi connectivity index (χ2v) is 5.07. The smallest absolute Gasteiger partial charge is 0.298 e. The lowest BCUT2D eigenvalue weighted by Gasteiger charge is -2.34. The zero-order chi connectivity index (χ0) is 14.1. The largest absolute Gasteiger partial charge is 0.423 e. The van der Waals surface area contributed by atoms with E-state index >= 15 is 0 Å². The number of hydrogen-bond acceptors (Lipinski definition) is 5. The van der Waals surface area contributed by atoms with Crippen LogP contribution in [0.5, 0.6) is 0 Å². The van der Waals surface area contributed by atoms with Crippen molar-refractivity contribution < 1.29 is 9.21 Å². The molecule has 1 fully saturated rings. The van der Waals surface area contributed by atoms with Gasteiger partial charge in [-0.3, -0.25) is 4.79 Å². The Labute approximate surface area is 129 Å². The van der Waals surface area contributed by atoms with E-state index in [0.717, 1.165) is 11.1 Å². The highest BCUT2D eigenvalue weighted by Crippen LogP contribution is 2.22. The fourth-order valence-electron chi connectivity index (χ4n) is 2.40. The van der Waals surface area contributed by atoms with Crippen LogP contribution in [0, 0.1) is 0 Å². The summed E-state index contributed by atoms with van der Waals surface area (Å²) < 4.78 is 5.74. The van der Waals surface area contributed by atoms with Crippen LogP contribution in [-0.4, -0.2) is 48.0 Å². The van der Waals surface area contributed by atoms with E-state index in [1.165, 1.54) is 0 Å². The minimum atomic E-state index is -0.439. The normalized spacial score (nSPS) is 16.7. The number of fused-ring (bicyclic) bond motifs is 1. The Balaban J connectivity index is 0.00000161. The molecule has 2 heterocycles. The van der Waals surface area contributed by atoms with Crippen molar-refractivity contribution in [3.05, 3.63) is 24.3 Å². The number of carbonyl (C=O) groups excluding carboxylic acids is 1. The summed E-state index contributed by atoms with van der Waals surface area (Å²) in [6.45, 7) is 4.45. The number of para-hydroxylation sites is 2. The molecule has 1 aromatic heterocycles. The number of amides is 1. The lowest BCUT2D eigenvalue weighted by atomic mass is 10.2. The summed E-state index contributed by atoms with van der Waals surface area (Å²) in [5.74, 6) is 0.00205. The van der Waals surface area contributed by atoms with Gasteiger partial charge in [-0.05, 0) is 19.1 Å². The van der Waals surface area contributed by atoms with Crippen LogP contribution in [-0.2, 0) is 4.79 Å². The van der Waals surface area contributed by atoms with Gasteiger partial charge in [-0.15, -0.1) is 12.4 Å². The number of piperazine rings is 1. The zero-order valence-electron chi connectivity index (χ0n) is 11.9. The maximum absolute atomic E-state index is 11.8. The molecule has 1 saturated heterocycles. The van der Waals surface area contributed by atoms with Gasteiger partial charge in [-0.1, -0.05) is 12.1 Å². The molecule has 1 amide bonds. The number of carbonyl (C=O) groups is 1. The van der Waals surface area contributed by atoms with Crippen molar-refractivity contribution in [2.45, 2.75) is 13.0 Å². The van der Waals surface area contributed by atoms with Crippen LogP contribution in [0.2, 0.25) is 0 Å². The molecule has 1 atom stereocenters. The lowest BCUT2D eigenvalue weighted by Crippen LogP contribution is -2.52. The van der Waals surface area contributed by atoms with Gasteiger partial charge >= 0.3 is 0 Å². The third-order valence-electron chi connectivity index (χ3n) is 3.53. The number of aromatic nitrogens is 1. The first-order valence-electron chi connectivity index (χ1n) is 6.80. The quantitative estimate of drug-likeness (QED) is 0.903. The number of anilines is 1. The molecule has 1 unspecified atom stereocenters. The van der Waals surface area contributed by atoms with Gasteiger partial charge in [0, 0.05) is 26.2 Å². The van der Waals surface area contributed by atoms with E-state index in [1.54, 1.807) is 11.8 Å². The van der Waals surface area contributed by atoms with Gasteiger partial charge in [0.25, 0.3) is 6.01 Å². The minimum absolute atomic E-state index is 0. The maximum Gasteiger partial charge on any atom is 0.298 e. The third kappa shape index (κ3) is 3.11. The monoisotopic (exact) mass is 310 g/mol. The molecule has 6 nitrogen and oxygen atoms in total. The molecule has 2 N–H and O–H groups in total. The van der Waals surface area contributed by atoms with Gasteiger partial charge < -0.3 is 20.0 Å². The van der Waals surface area contributed by atoms with Gasteiger partial charge in [-0.2, -0.15) is 4.98 Å². The van der Waals surface area contributed by atoms with Crippen molar-refractivity contribution in [2.24, 2.45) is 5.73 Å². The second-order valence-electron chi connectivity index (χ2n) is 5.07. The molecule has 0 aliphatic carbocycles. The highest BCUT2D eigenvalue weighted by molar-refractivity contribution is 5.85. The summed E-state index contributed by atoms with van der Waals surface area (Å²) in [4.78, 5) is 20.2. The molecule has 0 radical (unpaired) electrons. The number of hydrogen-bond donors (Lipinski definition) is 1. The Morgan fingerprint density at radius 3 is 2.57 bits per heavy atom. The molecule has 0 spiro atoms. The Bertz CT molecular complexity index is 587. The molecule has 21 heavy (non-hydrogen) atoms. The first kappa shape index (κ1) is 15.6. The van der Waals surface area contributed by atoms with Crippen molar-refractivity contribution in [1.29, 1.82) is 0 Å². The number of nitrogens with two attached hydrogens (primary N) is 1. The van der Waals surface area contributed by atoms with Crippen LogP contribution in [0.4, 0.5) is 6.01 Å². The van der Waals surface area contributed by atoms with Crippen LogP contribution in [0.15, 0.2) is 28.7 Å². The summed E-state index contributed by atoms with van der Waals surface area (Å²) in [5, 5.41) is 0. The van der Waals surface area contributed by atoms with Crippen molar-refractivity contribution in [3.63, 3.8) is 0 Å². The number of oxazole rings is 1. The van der Waals surface area contributed by atoms with E-state index < -0.39 is 6.04 Å². The average molecular weight is 311 g/mol. The van der Waals surface area contributed by atoms with E-state index in [9.17, 15) is 4.79 Å². The van der Waals surface area contributed by atoms with Crippen LogP contribution in [0.3, 0.4) is 0 Å². The number of nitrogens with zero attached hydrogens (tertiary/aromatic N) is 3. The summed E-state index contributed by atoms with van der Waals surface area (Å²) >= 11 is 0. The third-order valence-corrected chi connectivity index (χ3v) is 3.53. The Morgan fingerprint density at radius 1 is 1.29 bits per heavy atom. The maximum atomic E-state index is 11.8. The lowest BCUT2D eigenvalue weighted by molar-refractivity contribution is -0.132. The van der Waals surface area contributed by atoms with Crippen LogP contribution < -0.4 is 10.6 Å². The molecule has 114 valence electrons. The molecule has 1 aliphatic heterocycles. The summed E-state index contributed by atoms with van der Waals surface area (Å²) in [6, 6.07) is 7.88. The van der Waals surface area contributed by atoms with Gasteiger partial charge in [0.2, 0.25) is 5.91 Å². The second kappa shape index (κ2) is 6.32. The zero-order valence-corrected chi connectivity index (χ0v) is 12.7. The highest BCUT2D eigenvalue weighted by atomic mass is 35.5. The van der Waals surface area contributed by atoms with Crippen LogP contribution >= 0.6 is 12.4 Å². The standard InChI is InChI=1S/C14H18N4O2.ClH/c1-10(15)13(19)17-6-8-18(9-7-17)14-16-11-4-2-3-5-12(11)20-14;/h2-5,10H,6-9,15H2,1H3;1H. The Hall–Kier alpha value is -1.79. The van der Waals surface area contributed by atoms with Gasteiger partial charge in [-0.25, -0.2) is 0 Å². The molecular weight excluding hydrogens is 292 g/mol. The molecule has 1 aliphatic rings. The van der Waals surface area contributed by atoms with E-state index in [0.29, 0.717) is 32.2 Å². The van der Waals surface area contributed by atoms with Gasteiger partial charge in [0.1, 0.15) is 5.52 Å². The van der Waals surface area contributed by atoms with E-state index in [2.05, 4.69) is 9.88 Å². The molecule has 1 aromatic carbocycles. The van der Waals surface area contributed by atoms with E-state index in [-0.39, 0.29) is 18.3 Å². The Morgan fingerprint density at radius 2 is 1.95 bits per heavy atom. The topological polar surface area (TPSA) is 75.6 Å². The first-order valence-corrected chi connectivity index (χ1v) is 6.80. The van der Waals surface area contributed by atoms with Crippen molar-refractivity contribution in [1.82, 2.24) is 9.88 Å². The minimum Gasteiger partial charge on any atom is -0.423 e. The highest BCUT2D eigenvalue weighted by Gasteiger charge is 2.25. The molecule has 7 heteroatoms. The first-order chi connectivity index (χ1) is 9.65. The van der Waals surface area contributed by atoms with Gasteiger partial charge in [0.15, 0.2) is 5.58 Å². The molecule has 0 bridgehead atoms. The predicted molar refractivity (Wildman–Crippen MR) is 83.7 cm³/mol. The van der Waals surface area contributed by atoms with E-state index in [4.69, 9.17) is 10.2 Å². The molecular formula is C14H19ClN4O2. The SMILES string of the molecule is CC(N)C(=O)N1CCN(c2nc3ccccc3o2)CC1.Cl. The van der Waals surface area contributed by atoms with E-state index in [1.807, 2.05) is 24.3 Å². The number of halogens is 1. The summed E-state index contributed by atoms with van der Waals surface area (Å²) in [6.07, 6.45) is 0. The average Bonchev–Trinajstić information content (AvgIpc) is 2.90. The van der Waals surface area contributed by atoms with Crippen LogP contribution in [0.1, 0.15) is 6.92 Å². The predicted octanol–water partition coefficient (Wildman–Crippen LogP) is 1.25. The van der Waals surface area contributed by atoms with Crippen molar-refractivity contribution in [2.75, 3.05) is 31.1 Å². The van der Waals surface area contributed by atoms with Crippen LogP contribution in [0.25, 0.3) is 11.1 Å². The summed E-state index contributed by atoms with van der Waals surface area (Å²) in [7, 11) is 0. The number of rotatable bonds is 2. The molecule has 2 aromatic rings. The fourth-order valence-corrected chi connectivity index (χ4v) is 2.40. The fraction of sp³-hybridized carbons (Fsp3) is 0.429. The van der Waals surface area contributed by atoms with Crippen molar-refractivity contribution in [3.8, 4) is 0 Å².